The summed E-state index contributed by atoms with van der Waals surface area (Å²) in [6.45, 7) is 5.85. The smallest absolute Gasteiger partial charge is 0.241 e. The number of rotatable bonds is 3. The molecule has 1 rings (SSSR count). The molecule has 0 bridgehead atoms. The summed E-state index contributed by atoms with van der Waals surface area (Å²) in [5.41, 5.74) is 7.65. The van der Waals surface area contributed by atoms with Crippen molar-refractivity contribution >= 4 is 11.6 Å². The molecule has 3 heteroatoms. The molecule has 82 valence electrons. The van der Waals surface area contributed by atoms with E-state index in [2.05, 4.69) is 5.32 Å². The highest BCUT2D eigenvalue weighted by molar-refractivity contribution is 5.94. The number of benzene rings is 1. The molecular formula is C12H18N2O. The highest BCUT2D eigenvalue weighted by atomic mass is 16.2. The van der Waals surface area contributed by atoms with E-state index in [0.717, 1.165) is 11.3 Å². The molecule has 15 heavy (non-hydrogen) atoms. The second-order valence-electron chi connectivity index (χ2n) is 4.13. The molecule has 0 aliphatic heterocycles. The van der Waals surface area contributed by atoms with Gasteiger partial charge in [0.05, 0.1) is 6.04 Å². The molecule has 0 aliphatic carbocycles. The average molecular weight is 206 g/mol. The van der Waals surface area contributed by atoms with Gasteiger partial charge in [0.25, 0.3) is 0 Å². The van der Waals surface area contributed by atoms with Crippen LogP contribution < -0.4 is 11.1 Å². The van der Waals surface area contributed by atoms with Gasteiger partial charge in [-0.2, -0.15) is 0 Å². The van der Waals surface area contributed by atoms with Crippen LogP contribution in [0, 0.1) is 12.8 Å². The van der Waals surface area contributed by atoms with Crippen LogP contribution in [0.5, 0.6) is 0 Å². The molecule has 1 aromatic carbocycles. The number of amides is 1. The first-order chi connectivity index (χ1) is 7.00. The molecule has 3 N–H and O–H groups in total. The first-order valence-corrected chi connectivity index (χ1v) is 5.14. The first kappa shape index (κ1) is 11.7. The van der Waals surface area contributed by atoms with Gasteiger partial charge < -0.3 is 11.1 Å². The minimum atomic E-state index is -0.453. The fourth-order valence-corrected chi connectivity index (χ4v) is 1.25. The van der Waals surface area contributed by atoms with Gasteiger partial charge in [0, 0.05) is 5.69 Å². The van der Waals surface area contributed by atoms with Crippen molar-refractivity contribution in [2.75, 3.05) is 5.32 Å². The van der Waals surface area contributed by atoms with E-state index in [0.29, 0.717) is 0 Å². The lowest BCUT2D eigenvalue weighted by atomic mass is 10.0. The average Bonchev–Trinajstić information content (AvgIpc) is 2.16. The molecule has 0 aromatic heterocycles. The second-order valence-corrected chi connectivity index (χ2v) is 4.13. The number of nitrogens with one attached hydrogen (secondary N) is 1. The number of nitrogens with two attached hydrogens (primary N) is 1. The van der Waals surface area contributed by atoms with E-state index in [-0.39, 0.29) is 11.8 Å². The summed E-state index contributed by atoms with van der Waals surface area (Å²) in [6.07, 6.45) is 0. The Bertz CT molecular complexity index is 347. The lowest BCUT2D eigenvalue weighted by Gasteiger charge is -2.15. The fourth-order valence-electron chi connectivity index (χ4n) is 1.25. The molecule has 0 fully saturated rings. The Hall–Kier alpha value is -1.35. The van der Waals surface area contributed by atoms with Crippen molar-refractivity contribution in [3.05, 3.63) is 29.8 Å². The molecule has 0 radical (unpaired) electrons. The molecular weight excluding hydrogens is 188 g/mol. The van der Waals surface area contributed by atoms with Gasteiger partial charge in [-0.05, 0) is 30.5 Å². The van der Waals surface area contributed by atoms with E-state index in [1.165, 1.54) is 0 Å². The quantitative estimate of drug-likeness (QED) is 0.793. The number of anilines is 1. The van der Waals surface area contributed by atoms with Crippen molar-refractivity contribution in [3.63, 3.8) is 0 Å². The van der Waals surface area contributed by atoms with Gasteiger partial charge in [-0.3, -0.25) is 4.79 Å². The first-order valence-electron chi connectivity index (χ1n) is 5.14. The van der Waals surface area contributed by atoms with Gasteiger partial charge in [0.2, 0.25) is 5.91 Å². The summed E-state index contributed by atoms with van der Waals surface area (Å²) < 4.78 is 0. The van der Waals surface area contributed by atoms with Crippen molar-refractivity contribution in [2.45, 2.75) is 26.8 Å². The highest BCUT2D eigenvalue weighted by Crippen LogP contribution is 2.10. The van der Waals surface area contributed by atoms with Gasteiger partial charge in [0.1, 0.15) is 0 Å². The van der Waals surface area contributed by atoms with Crippen molar-refractivity contribution < 1.29 is 4.79 Å². The number of aryl methyl sites for hydroxylation is 1. The Morgan fingerprint density at radius 1 is 1.40 bits per heavy atom. The van der Waals surface area contributed by atoms with E-state index < -0.39 is 6.04 Å². The summed E-state index contributed by atoms with van der Waals surface area (Å²) in [4.78, 5) is 11.6. The SMILES string of the molecule is Cc1cccc(NC(=O)[C@@H](N)C(C)C)c1. The van der Waals surface area contributed by atoms with Gasteiger partial charge in [-0.15, -0.1) is 0 Å². The van der Waals surface area contributed by atoms with E-state index in [1.807, 2.05) is 45.0 Å². The summed E-state index contributed by atoms with van der Waals surface area (Å²) in [5, 5.41) is 2.80. The zero-order chi connectivity index (χ0) is 11.4. The van der Waals surface area contributed by atoms with Crippen LogP contribution in [0.2, 0.25) is 0 Å². The van der Waals surface area contributed by atoms with Crippen molar-refractivity contribution in [3.8, 4) is 0 Å². The molecule has 0 saturated heterocycles. The third-order valence-electron chi connectivity index (χ3n) is 2.31. The van der Waals surface area contributed by atoms with Crippen LogP contribution in [-0.2, 0) is 4.79 Å². The summed E-state index contributed by atoms with van der Waals surface area (Å²) in [7, 11) is 0. The number of carbonyl (C=O) groups excluding carboxylic acids is 1. The highest BCUT2D eigenvalue weighted by Gasteiger charge is 2.16. The molecule has 0 unspecified atom stereocenters. The standard InChI is InChI=1S/C12H18N2O/c1-8(2)11(13)12(15)14-10-6-4-5-9(3)7-10/h4-8,11H,13H2,1-3H3,(H,14,15)/t11-/m0/s1. The van der Waals surface area contributed by atoms with Crippen LogP contribution in [0.3, 0.4) is 0 Å². The third-order valence-corrected chi connectivity index (χ3v) is 2.31. The largest absolute Gasteiger partial charge is 0.325 e. The maximum atomic E-state index is 11.6. The second kappa shape index (κ2) is 4.94. The number of hydrogen-bond acceptors (Lipinski definition) is 2. The molecule has 0 saturated carbocycles. The normalized spacial score (nSPS) is 12.6. The lowest BCUT2D eigenvalue weighted by molar-refractivity contribution is -0.118. The molecule has 3 nitrogen and oxygen atoms in total. The number of hydrogen-bond donors (Lipinski definition) is 2. The van der Waals surface area contributed by atoms with Crippen molar-refractivity contribution in [2.24, 2.45) is 11.7 Å². The van der Waals surface area contributed by atoms with Crippen LogP contribution in [0.1, 0.15) is 19.4 Å². The van der Waals surface area contributed by atoms with Crippen molar-refractivity contribution in [1.82, 2.24) is 0 Å². The maximum absolute atomic E-state index is 11.6. The Labute approximate surface area is 90.7 Å². The Kier molecular flexibility index (Phi) is 3.86. The number of carbonyl (C=O) groups is 1. The van der Waals surface area contributed by atoms with Gasteiger partial charge in [-0.1, -0.05) is 26.0 Å². The molecule has 0 spiro atoms. The van der Waals surface area contributed by atoms with Gasteiger partial charge in [-0.25, -0.2) is 0 Å². The Morgan fingerprint density at radius 3 is 2.60 bits per heavy atom. The predicted molar refractivity (Wildman–Crippen MR) is 62.6 cm³/mol. The monoisotopic (exact) mass is 206 g/mol. The van der Waals surface area contributed by atoms with Gasteiger partial charge in [0.15, 0.2) is 0 Å². The predicted octanol–water partition coefficient (Wildman–Crippen LogP) is 1.92. The van der Waals surface area contributed by atoms with Crippen LogP contribution >= 0.6 is 0 Å². The van der Waals surface area contributed by atoms with E-state index >= 15 is 0 Å². The van der Waals surface area contributed by atoms with Crippen LogP contribution in [0.4, 0.5) is 5.69 Å². The zero-order valence-electron chi connectivity index (χ0n) is 9.45. The molecule has 1 aromatic rings. The van der Waals surface area contributed by atoms with E-state index in [9.17, 15) is 4.79 Å². The third kappa shape index (κ3) is 3.36. The van der Waals surface area contributed by atoms with E-state index in [1.54, 1.807) is 0 Å². The minimum absolute atomic E-state index is 0.129. The van der Waals surface area contributed by atoms with Crippen LogP contribution in [0.25, 0.3) is 0 Å². The topological polar surface area (TPSA) is 55.1 Å². The maximum Gasteiger partial charge on any atom is 0.241 e. The van der Waals surface area contributed by atoms with Crippen molar-refractivity contribution in [1.29, 1.82) is 0 Å². The lowest BCUT2D eigenvalue weighted by Crippen LogP contribution is -2.39. The molecule has 1 amide bonds. The van der Waals surface area contributed by atoms with Crippen LogP contribution in [-0.4, -0.2) is 11.9 Å². The molecule has 1 atom stereocenters. The zero-order valence-corrected chi connectivity index (χ0v) is 9.45. The summed E-state index contributed by atoms with van der Waals surface area (Å²) in [6, 6.07) is 7.22. The molecule has 0 heterocycles. The summed E-state index contributed by atoms with van der Waals surface area (Å²) >= 11 is 0. The Balaban J connectivity index is 2.66. The van der Waals surface area contributed by atoms with Crippen LogP contribution in [0.15, 0.2) is 24.3 Å². The minimum Gasteiger partial charge on any atom is -0.325 e. The van der Waals surface area contributed by atoms with E-state index in [4.69, 9.17) is 5.73 Å². The summed E-state index contributed by atoms with van der Waals surface area (Å²) in [5.74, 6) is 0.0189. The molecule has 0 aliphatic rings. The fraction of sp³-hybridized carbons (Fsp3) is 0.417. The van der Waals surface area contributed by atoms with Gasteiger partial charge >= 0.3 is 0 Å². The Morgan fingerprint density at radius 2 is 2.07 bits per heavy atom.